The van der Waals surface area contributed by atoms with Gasteiger partial charge in [0.25, 0.3) is 11.9 Å². The Morgan fingerprint density at radius 2 is 2.00 bits per heavy atom. The summed E-state index contributed by atoms with van der Waals surface area (Å²) in [6.45, 7) is 5.47. The molecule has 0 bridgehead atoms. The lowest BCUT2D eigenvalue weighted by Crippen LogP contribution is -2.51. The predicted molar refractivity (Wildman–Crippen MR) is 122 cm³/mol. The molecule has 1 amide bonds. The number of fused-ring (bicyclic) bond motifs is 1. The molecule has 2 atom stereocenters. The molecular weight excluding hydrogens is 404 g/mol. The van der Waals surface area contributed by atoms with Crippen molar-refractivity contribution in [3.8, 4) is 5.69 Å². The first-order chi connectivity index (χ1) is 15.6. The number of nitrogens with one attached hydrogen (secondary N) is 1. The standard InChI is InChI=1S/C24H26N6O2/c1-16-9-10-20(30-26-11-12-27-30)18(14-16)23(31)29-13-5-6-17(2)21(29)15-25-24-28-19-7-3-4-8-22(19)32-24/h3-4,7-12,14,17,21H,5-6,13,15H2,1-2H3,(H,25,28). The third kappa shape index (κ3) is 3.84. The number of oxazole rings is 1. The maximum absolute atomic E-state index is 13.8. The highest BCUT2D eigenvalue weighted by molar-refractivity contribution is 5.98. The fourth-order valence-corrected chi connectivity index (χ4v) is 4.44. The Morgan fingerprint density at radius 1 is 1.19 bits per heavy atom. The number of nitrogens with zero attached hydrogens (tertiary/aromatic N) is 5. The molecule has 1 saturated heterocycles. The van der Waals surface area contributed by atoms with Gasteiger partial charge in [0, 0.05) is 13.1 Å². The van der Waals surface area contributed by atoms with Crippen molar-refractivity contribution >= 4 is 23.0 Å². The van der Waals surface area contributed by atoms with Gasteiger partial charge in [0.05, 0.1) is 29.7 Å². The number of aromatic nitrogens is 4. The van der Waals surface area contributed by atoms with Crippen LogP contribution in [0.3, 0.4) is 0 Å². The van der Waals surface area contributed by atoms with Gasteiger partial charge in [-0.2, -0.15) is 20.0 Å². The van der Waals surface area contributed by atoms with Crippen LogP contribution >= 0.6 is 0 Å². The minimum atomic E-state index is -0.00286. The van der Waals surface area contributed by atoms with Crippen molar-refractivity contribution in [3.05, 3.63) is 66.0 Å². The Labute approximate surface area is 186 Å². The number of aryl methyl sites for hydroxylation is 1. The summed E-state index contributed by atoms with van der Waals surface area (Å²) in [5.74, 6) is 0.345. The number of piperidine rings is 1. The SMILES string of the molecule is Cc1ccc(-n2nccn2)c(C(=O)N2CCCC(C)C2CNc2nc3ccccc3o2)c1. The van der Waals surface area contributed by atoms with E-state index < -0.39 is 0 Å². The van der Waals surface area contributed by atoms with E-state index in [1.54, 1.807) is 12.4 Å². The van der Waals surface area contributed by atoms with Gasteiger partial charge in [-0.25, -0.2) is 0 Å². The van der Waals surface area contributed by atoms with Crippen LogP contribution in [0.15, 0.2) is 59.3 Å². The molecule has 1 fully saturated rings. The molecule has 2 aromatic heterocycles. The van der Waals surface area contributed by atoms with Crippen LogP contribution in [0.5, 0.6) is 0 Å². The summed E-state index contributed by atoms with van der Waals surface area (Å²) < 4.78 is 5.81. The first-order valence-electron chi connectivity index (χ1n) is 11.0. The number of anilines is 1. The average molecular weight is 431 g/mol. The molecule has 164 valence electrons. The van der Waals surface area contributed by atoms with Crippen molar-refractivity contribution in [2.75, 3.05) is 18.4 Å². The summed E-state index contributed by atoms with van der Waals surface area (Å²) >= 11 is 0. The zero-order chi connectivity index (χ0) is 22.1. The van der Waals surface area contributed by atoms with Gasteiger partial charge in [-0.3, -0.25) is 4.79 Å². The normalized spacial score (nSPS) is 18.8. The van der Waals surface area contributed by atoms with Crippen LogP contribution in [0.4, 0.5) is 6.01 Å². The second kappa shape index (κ2) is 8.45. The van der Waals surface area contributed by atoms with E-state index in [-0.39, 0.29) is 11.9 Å². The van der Waals surface area contributed by atoms with Gasteiger partial charge >= 0.3 is 0 Å². The van der Waals surface area contributed by atoms with Crippen molar-refractivity contribution in [1.82, 2.24) is 24.9 Å². The lowest BCUT2D eigenvalue weighted by Gasteiger charge is -2.40. The van der Waals surface area contributed by atoms with Crippen molar-refractivity contribution in [2.45, 2.75) is 32.7 Å². The lowest BCUT2D eigenvalue weighted by molar-refractivity contribution is 0.0539. The third-order valence-electron chi connectivity index (χ3n) is 6.15. The maximum Gasteiger partial charge on any atom is 0.295 e. The second-order valence-corrected chi connectivity index (χ2v) is 8.39. The molecule has 0 spiro atoms. The molecule has 1 aliphatic rings. The van der Waals surface area contributed by atoms with E-state index in [0.717, 1.165) is 29.5 Å². The van der Waals surface area contributed by atoms with Gasteiger partial charge in [0.1, 0.15) is 5.52 Å². The highest BCUT2D eigenvalue weighted by Crippen LogP contribution is 2.28. The van der Waals surface area contributed by atoms with Gasteiger partial charge in [0.2, 0.25) is 0 Å². The smallest absolute Gasteiger partial charge is 0.295 e. The van der Waals surface area contributed by atoms with E-state index >= 15 is 0 Å². The molecule has 2 aromatic carbocycles. The Balaban J connectivity index is 1.41. The fraction of sp³-hybridized carbons (Fsp3) is 0.333. The number of carbonyl (C=O) groups is 1. The molecule has 0 aliphatic carbocycles. The van der Waals surface area contributed by atoms with E-state index in [1.807, 2.05) is 54.3 Å². The molecule has 1 aliphatic heterocycles. The fourth-order valence-electron chi connectivity index (χ4n) is 4.44. The van der Waals surface area contributed by atoms with Gasteiger partial charge in [-0.1, -0.05) is 30.7 Å². The minimum Gasteiger partial charge on any atom is -0.424 e. The molecule has 32 heavy (non-hydrogen) atoms. The Morgan fingerprint density at radius 3 is 2.81 bits per heavy atom. The predicted octanol–water partition coefficient (Wildman–Crippen LogP) is 4.07. The first-order valence-corrected chi connectivity index (χ1v) is 11.0. The van der Waals surface area contributed by atoms with E-state index in [1.165, 1.54) is 4.80 Å². The van der Waals surface area contributed by atoms with Crippen LogP contribution in [0, 0.1) is 12.8 Å². The second-order valence-electron chi connectivity index (χ2n) is 8.39. The largest absolute Gasteiger partial charge is 0.424 e. The molecule has 8 nitrogen and oxygen atoms in total. The van der Waals surface area contributed by atoms with Crippen LogP contribution in [0.25, 0.3) is 16.8 Å². The van der Waals surface area contributed by atoms with Gasteiger partial charge in [0.15, 0.2) is 5.58 Å². The topological polar surface area (TPSA) is 89.1 Å². The van der Waals surface area contributed by atoms with Crippen molar-refractivity contribution in [2.24, 2.45) is 5.92 Å². The van der Waals surface area contributed by atoms with Crippen molar-refractivity contribution in [1.29, 1.82) is 0 Å². The number of hydrogen-bond donors (Lipinski definition) is 1. The van der Waals surface area contributed by atoms with E-state index in [0.29, 0.717) is 36.3 Å². The van der Waals surface area contributed by atoms with Crippen LogP contribution in [0.2, 0.25) is 0 Å². The van der Waals surface area contributed by atoms with E-state index in [4.69, 9.17) is 4.42 Å². The summed E-state index contributed by atoms with van der Waals surface area (Å²) in [4.78, 5) is 21.8. The molecule has 3 heterocycles. The zero-order valence-electron chi connectivity index (χ0n) is 18.2. The van der Waals surface area contributed by atoms with Gasteiger partial charge in [-0.05, 0) is 49.9 Å². The summed E-state index contributed by atoms with van der Waals surface area (Å²) in [6.07, 6.45) is 5.28. The van der Waals surface area contributed by atoms with E-state index in [2.05, 4.69) is 27.4 Å². The molecule has 5 rings (SSSR count). The van der Waals surface area contributed by atoms with Gasteiger partial charge < -0.3 is 14.6 Å². The number of likely N-dealkylation sites (tertiary alicyclic amines) is 1. The molecule has 4 aromatic rings. The monoisotopic (exact) mass is 430 g/mol. The van der Waals surface area contributed by atoms with Crippen LogP contribution in [0.1, 0.15) is 35.7 Å². The molecule has 0 radical (unpaired) electrons. The summed E-state index contributed by atoms with van der Waals surface area (Å²) in [5, 5.41) is 11.8. The third-order valence-corrected chi connectivity index (χ3v) is 6.15. The minimum absolute atomic E-state index is 0.00286. The van der Waals surface area contributed by atoms with Crippen molar-refractivity contribution in [3.63, 3.8) is 0 Å². The summed E-state index contributed by atoms with van der Waals surface area (Å²) in [6, 6.07) is 14.0. The number of carbonyl (C=O) groups excluding carboxylic acids is 1. The lowest BCUT2D eigenvalue weighted by atomic mass is 9.90. The average Bonchev–Trinajstić information content (AvgIpc) is 3.47. The molecule has 2 unspecified atom stereocenters. The Kier molecular flexibility index (Phi) is 5.34. The maximum atomic E-state index is 13.8. The molecule has 8 heteroatoms. The number of benzene rings is 2. The molecular formula is C24H26N6O2. The number of amides is 1. The van der Waals surface area contributed by atoms with Crippen LogP contribution in [-0.2, 0) is 0 Å². The first kappa shape index (κ1) is 20.2. The summed E-state index contributed by atoms with van der Waals surface area (Å²) in [5.41, 5.74) is 3.89. The van der Waals surface area contributed by atoms with E-state index in [9.17, 15) is 4.79 Å². The highest BCUT2D eigenvalue weighted by Gasteiger charge is 2.33. The number of rotatable bonds is 5. The zero-order valence-corrected chi connectivity index (χ0v) is 18.2. The van der Waals surface area contributed by atoms with Gasteiger partial charge in [-0.15, -0.1) is 0 Å². The molecule has 0 saturated carbocycles. The van der Waals surface area contributed by atoms with Crippen LogP contribution in [-0.4, -0.2) is 49.9 Å². The quantitative estimate of drug-likeness (QED) is 0.513. The van der Waals surface area contributed by atoms with Crippen LogP contribution < -0.4 is 5.32 Å². The Bertz CT molecular complexity index is 1200. The molecule has 1 N–H and O–H groups in total. The van der Waals surface area contributed by atoms with Crippen molar-refractivity contribution < 1.29 is 9.21 Å². The Hall–Kier alpha value is -3.68. The highest BCUT2D eigenvalue weighted by atomic mass is 16.4. The number of hydrogen-bond acceptors (Lipinski definition) is 6. The number of para-hydroxylation sites is 2. The summed E-state index contributed by atoms with van der Waals surface area (Å²) in [7, 11) is 0.